The van der Waals surface area contributed by atoms with Crippen LogP contribution in [0.5, 0.6) is 5.75 Å². The number of aliphatic hydroxyl groups is 1. The topological polar surface area (TPSA) is 94.1 Å². The van der Waals surface area contributed by atoms with Gasteiger partial charge in [0.2, 0.25) is 5.91 Å². The van der Waals surface area contributed by atoms with Gasteiger partial charge in [-0.25, -0.2) is 4.79 Å². The van der Waals surface area contributed by atoms with Gasteiger partial charge in [-0.3, -0.25) is 4.79 Å². The lowest BCUT2D eigenvalue weighted by Gasteiger charge is -2.33. The van der Waals surface area contributed by atoms with Gasteiger partial charge in [0.1, 0.15) is 11.9 Å². The molecule has 1 aliphatic heterocycles. The minimum absolute atomic E-state index is 0.0181. The predicted molar refractivity (Wildman–Crippen MR) is 118 cm³/mol. The third-order valence-electron chi connectivity index (χ3n) is 5.14. The summed E-state index contributed by atoms with van der Waals surface area (Å²) in [5.74, 6) is 0.656. The number of ether oxygens (including phenoxy) is 1. The number of aliphatic hydroxyl groups excluding tert-OH is 1. The Labute approximate surface area is 179 Å². The number of carbonyl (C=O) groups excluding carboxylic acids is 2. The van der Waals surface area contributed by atoms with Crippen molar-refractivity contribution in [3.63, 3.8) is 0 Å². The predicted octanol–water partition coefficient (Wildman–Crippen LogP) is 1.93. The maximum Gasteiger partial charge on any atom is 0.319 e. The van der Waals surface area contributed by atoms with Crippen molar-refractivity contribution in [2.45, 2.75) is 52.3 Å². The highest BCUT2D eigenvalue weighted by molar-refractivity contribution is 5.90. The van der Waals surface area contributed by atoms with E-state index in [9.17, 15) is 14.7 Å². The largest absolute Gasteiger partial charge is 0.488 e. The zero-order chi connectivity index (χ0) is 22.4. The van der Waals surface area contributed by atoms with Crippen LogP contribution in [0, 0.1) is 5.92 Å². The summed E-state index contributed by atoms with van der Waals surface area (Å²) in [7, 11) is 3.98. The molecule has 0 saturated carbocycles. The molecule has 168 valence electrons. The molecule has 0 bridgehead atoms. The molecule has 3 N–H and O–H groups in total. The van der Waals surface area contributed by atoms with Crippen LogP contribution < -0.4 is 15.4 Å². The third kappa shape index (κ3) is 6.60. The van der Waals surface area contributed by atoms with Crippen LogP contribution in [0.4, 0.5) is 10.5 Å². The summed E-state index contributed by atoms with van der Waals surface area (Å²) in [4.78, 5) is 28.9. The van der Waals surface area contributed by atoms with Gasteiger partial charge in [-0.1, -0.05) is 6.92 Å². The number of rotatable bonds is 6. The molecule has 0 aromatic heterocycles. The molecular formula is C22H36N4O4. The lowest BCUT2D eigenvalue weighted by molar-refractivity contribution is -0.134. The molecule has 8 nitrogen and oxygen atoms in total. The second-order valence-corrected chi connectivity index (χ2v) is 8.73. The molecule has 0 aliphatic carbocycles. The maximum atomic E-state index is 13.1. The second-order valence-electron chi connectivity index (χ2n) is 8.73. The van der Waals surface area contributed by atoms with Crippen LogP contribution in [0.1, 0.15) is 33.3 Å². The molecule has 1 aromatic carbocycles. The van der Waals surface area contributed by atoms with Crippen molar-refractivity contribution in [3.8, 4) is 5.75 Å². The highest BCUT2D eigenvalue weighted by atomic mass is 16.5. The van der Waals surface area contributed by atoms with Crippen molar-refractivity contribution in [2.75, 3.05) is 39.1 Å². The first-order valence-corrected chi connectivity index (χ1v) is 10.5. The fraction of sp³-hybridized carbons (Fsp3) is 0.636. The lowest BCUT2D eigenvalue weighted by Crippen LogP contribution is -2.47. The van der Waals surface area contributed by atoms with Crippen LogP contribution in [0.3, 0.4) is 0 Å². The van der Waals surface area contributed by atoms with E-state index in [1.807, 2.05) is 40.9 Å². The van der Waals surface area contributed by atoms with Gasteiger partial charge in [0.05, 0.1) is 19.1 Å². The van der Waals surface area contributed by atoms with E-state index in [4.69, 9.17) is 4.74 Å². The molecule has 30 heavy (non-hydrogen) atoms. The van der Waals surface area contributed by atoms with Crippen LogP contribution >= 0.6 is 0 Å². The summed E-state index contributed by atoms with van der Waals surface area (Å²) in [6.45, 7) is 8.80. The Morgan fingerprint density at radius 1 is 1.33 bits per heavy atom. The minimum atomic E-state index is -0.296. The summed E-state index contributed by atoms with van der Waals surface area (Å²) < 4.78 is 6.36. The first-order chi connectivity index (χ1) is 14.1. The van der Waals surface area contributed by atoms with Gasteiger partial charge < -0.3 is 30.3 Å². The van der Waals surface area contributed by atoms with Gasteiger partial charge in [-0.2, -0.15) is 0 Å². The number of likely N-dealkylation sites (N-methyl/N-ethyl adjacent to an activating group) is 1. The van der Waals surface area contributed by atoms with Crippen molar-refractivity contribution in [3.05, 3.63) is 23.8 Å². The van der Waals surface area contributed by atoms with Crippen LogP contribution in [-0.2, 0) is 11.2 Å². The number of benzene rings is 1. The van der Waals surface area contributed by atoms with Crippen molar-refractivity contribution in [1.29, 1.82) is 0 Å². The highest BCUT2D eigenvalue weighted by Gasteiger charge is 2.30. The molecule has 0 fully saturated rings. The van der Waals surface area contributed by atoms with E-state index in [2.05, 4.69) is 22.5 Å². The Morgan fingerprint density at radius 3 is 2.63 bits per heavy atom. The molecule has 3 amide bonds. The zero-order valence-electron chi connectivity index (χ0n) is 18.9. The van der Waals surface area contributed by atoms with E-state index in [1.165, 1.54) is 0 Å². The van der Waals surface area contributed by atoms with Gasteiger partial charge in [0.15, 0.2) is 0 Å². The minimum Gasteiger partial charge on any atom is -0.488 e. The molecule has 1 aliphatic rings. The van der Waals surface area contributed by atoms with Crippen LogP contribution in [-0.4, -0.2) is 78.8 Å². The Balaban J connectivity index is 2.37. The van der Waals surface area contributed by atoms with E-state index >= 15 is 0 Å². The van der Waals surface area contributed by atoms with Gasteiger partial charge >= 0.3 is 6.03 Å². The fourth-order valence-electron chi connectivity index (χ4n) is 3.51. The van der Waals surface area contributed by atoms with Gasteiger partial charge in [-0.15, -0.1) is 0 Å². The van der Waals surface area contributed by atoms with Gasteiger partial charge in [0.25, 0.3) is 0 Å². The number of amides is 3. The third-order valence-corrected chi connectivity index (χ3v) is 5.14. The molecule has 1 heterocycles. The fourth-order valence-corrected chi connectivity index (χ4v) is 3.51. The summed E-state index contributed by atoms with van der Waals surface area (Å²) in [6.07, 6.45) is 0.0173. The van der Waals surface area contributed by atoms with E-state index in [1.54, 1.807) is 17.0 Å². The van der Waals surface area contributed by atoms with E-state index < -0.39 is 0 Å². The van der Waals surface area contributed by atoms with Crippen LogP contribution in [0.2, 0.25) is 0 Å². The number of hydrogen-bond donors (Lipinski definition) is 3. The maximum absolute atomic E-state index is 13.1. The SMILES string of the molecule is CC(C)NC(=O)Nc1ccc2c(c1)CC(=O)N([C@@H](C)CO)C[C@H](C)[C@@H](CN(C)C)O2. The lowest BCUT2D eigenvalue weighted by atomic mass is 10.0. The zero-order valence-corrected chi connectivity index (χ0v) is 18.9. The Morgan fingerprint density at radius 2 is 2.03 bits per heavy atom. The summed E-state index contributed by atoms with van der Waals surface area (Å²) in [5.41, 5.74) is 1.32. The monoisotopic (exact) mass is 420 g/mol. The Bertz CT molecular complexity index is 738. The van der Waals surface area contributed by atoms with E-state index in [0.717, 1.165) is 5.56 Å². The van der Waals surface area contributed by atoms with Crippen molar-refractivity contribution >= 4 is 17.6 Å². The molecule has 3 atom stereocenters. The normalized spacial score (nSPS) is 20.7. The van der Waals surface area contributed by atoms with E-state index in [-0.39, 0.29) is 49.1 Å². The number of nitrogens with one attached hydrogen (secondary N) is 2. The van der Waals surface area contributed by atoms with E-state index in [0.29, 0.717) is 24.5 Å². The summed E-state index contributed by atoms with van der Waals surface area (Å²) in [6, 6.07) is 4.83. The highest BCUT2D eigenvalue weighted by Crippen LogP contribution is 2.29. The van der Waals surface area contributed by atoms with Crippen molar-refractivity contribution < 1.29 is 19.4 Å². The summed E-state index contributed by atoms with van der Waals surface area (Å²) >= 11 is 0. The average molecular weight is 421 g/mol. The standard InChI is InChI=1S/C22H36N4O4/c1-14(2)23-22(29)24-18-7-8-19-17(9-18)10-21(28)26(16(4)13-27)11-15(3)20(30-19)12-25(5)6/h7-9,14-16,20,27H,10-13H2,1-6H3,(H2,23,24,29)/t15-,16-,20+/m0/s1. The quantitative estimate of drug-likeness (QED) is 0.654. The number of fused-ring (bicyclic) bond motifs is 1. The first kappa shape index (κ1) is 24.0. The number of urea groups is 1. The number of hydrogen-bond acceptors (Lipinski definition) is 5. The second kappa shape index (κ2) is 10.6. The Hall–Kier alpha value is -2.32. The van der Waals surface area contributed by atoms with Gasteiger partial charge in [0, 0.05) is 36.3 Å². The molecular weight excluding hydrogens is 384 g/mol. The molecule has 0 spiro atoms. The summed E-state index contributed by atoms with van der Waals surface area (Å²) in [5, 5.41) is 15.3. The molecule has 0 unspecified atom stereocenters. The molecule has 0 saturated heterocycles. The Kier molecular flexibility index (Phi) is 8.49. The molecule has 0 radical (unpaired) electrons. The van der Waals surface area contributed by atoms with Crippen molar-refractivity contribution in [1.82, 2.24) is 15.1 Å². The molecule has 2 rings (SSSR count). The number of carbonyl (C=O) groups is 2. The number of anilines is 1. The van der Waals surface area contributed by atoms with Crippen LogP contribution in [0.15, 0.2) is 18.2 Å². The smallest absolute Gasteiger partial charge is 0.319 e. The van der Waals surface area contributed by atoms with Crippen LogP contribution in [0.25, 0.3) is 0 Å². The average Bonchev–Trinajstić information content (AvgIpc) is 2.69. The van der Waals surface area contributed by atoms with Crippen molar-refractivity contribution in [2.24, 2.45) is 5.92 Å². The molecule has 8 heteroatoms. The number of nitrogens with zero attached hydrogens (tertiary/aromatic N) is 2. The first-order valence-electron chi connectivity index (χ1n) is 10.5. The molecule has 1 aromatic rings. The van der Waals surface area contributed by atoms with Gasteiger partial charge in [-0.05, 0) is 53.1 Å².